The number of alkyl halides is 9. The van der Waals surface area contributed by atoms with Crippen molar-refractivity contribution < 1.29 is 44.3 Å². The number of halogens is 12. The van der Waals surface area contributed by atoms with Gasteiger partial charge in [-0.05, 0) is 42.2 Å². The van der Waals surface area contributed by atoms with Gasteiger partial charge >= 0.3 is 18.5 Å². The summed E-state index contributed by atoms with van der Waals surface area (Å²) < 4.78 is 121. The normalized spacial score (nSPS) is 16.9. The monoisotopic (exact) mass is 582 g/mol. The second kappa shape index (κ2) is 9.76. The maximum atomic E-state index is 13.7. The van der Waals surface area contributed by atoms with Gasteiger partial charge in [0.15, 0.2) is 5.78 Å². The number of Topliss-reactive ketones (excluding diaryl/α,β-unsaturated/α-hetero) is 1. The molecule has 1 saturated carbocycles. The van der Waals surface area contributed by atoms with Crippen molar-refractivity contribution in [1.29, 1.82) is 0 Å². The highest BCUT2D eigenvalue weighted by atomic mass is 35.5. The lowest BCUT2D eigenvalue weighted by Crippen LogP contribution is -2.28. The van der Waals surface area contributed by atoms with E-state index >= 15 is 0 Å². The van der Waals surface area contributed by atoms with Gasteiger partial charge in [0.2, 0.25) is 0 Å². The van der Waals surface area contributed by atoms with Gasteiger partial charge in [-0.2, -0.15) is 39.5 Å². The van der Waals surface area contributed by atoms with Gasteiger partial charge in [0.25, 0.3) is 0 Å². The molecule has 0 bridgehead atoms. The molecule has 1 unspecified atom stereocenters. The van der Waals surface area contributed by atoms with Crippen LogP contribution in [0.1, 0.15) is 52.2 Å². The highest BCUT2D eigenvalue weighted by molar-refractivity contribution is 6.48. The van der Waals surface area contributed by atoms with Gasteiger partial charge in [-0.25, -0.2) is 0 Å². The first kappa shape index (κ1) is 28.7. The molecule has 2 aromatic rings. The van der Waals surface area contributed by atoms with Gasteiger partial charge < -0.3 is 0 Å². The zero-order chi connectivity index (χ0) is 27.3. The zero-order valence-electron chi connectivity index (χ0n) is 17.7. The molecule has 0 heterocycles. The summed E-state index contributed by atoms with van der Waals surface area (Å²) in [4.78, 5) is 12.4. The van der Waals surface area contributed by atoms with Crippen molar-refractivity contribution in [3.8, 4) is 0 Å². The summed E-state index contributed by atoms with van der Waals surface area (Å²) in [6.45, 7) is 0. The molecular weight excluding hydrogens is 570 g/mol. The molecule has 3 rings (SSSR count). The van der Waals surface area contributed by atoms with Crippen LogP contribution in [0.3, 0.4) is 0 Å². The molecule has 0 amide bonds. The molecule has 13 heteroatoms. The SMILES string of the molecule is O=C(CC1(C(F)(F)F)CC1)c1ccc(/C=C/C(c2cc(Cl)c(Cl)c(Cl)c2)C(F)(F)F)cc1C(F)(F)F. The molecule has 1 atom stereocenters. The summed E-state index contributed by atoms with van der Waals surface area (Å²) >= 11 is 17.3. The van der Waals surface area contributed by atoms with Crippen molar-refractivity contribution in [1.82, 2.24) is 0 Å². The average molecular weight is 584 g/mol. The summed E-state index contributed by atoms with van der Waals surface area (Å²) in [6, 6.07) is 3.81. The fourth-order valence-corrected chi connectivity index (χ4v) is 4.24. The highest BCUT2D eigenvalue weighted by Crippen LogP contribution is 2.60. The van der Waals surface area contributed by atoms with E-state index in [4.69, 9.17) is 34.8 Å². The fourth-order valence-electron chi connectivity index (χ4n) is 3.63. The smallest absolute Gasteiger partial charge is 0.294 e. The van der Waals surface area contributed by atoms with Crippen LogP contribution in [0, 0.1) is 5.41 Å². The minimum Gasteiger partial charge on any atom is -0.294 e. The Morgan fingerprint density at radius 3 is 1.92 bits per heavy atom. The molecule has 2 aromatic carbocycles. The number of carbonyl (C=O) groups excluding carboxylic acids is 1. The highest BCUT2D eigenvalue weighted by Gasteiger charge is 2.63. The minimum atomic E-state index is -5.15. The lowest BCUT2D eigenvalue weighted by atomic mass is 9.91. The number of carbonyl (C=O) groups is 1. The van der Waals surface area contributed by atoms with E-state index in [2.05, 4.69) is 0 Å². The number of benzene rings is 2. The predicted octanol–water partition coefficient (Wildman–Crippen LogP) is 9.94. The molecule has 0 spiro atoms. The van der Waals surface area contributed by atoms with Crippen molar-refractivity contribution in [2.75, 3.05) is 0 Å². The third-order valence-electron chi connectivity index (χ3n) is 5.80. The van der Waals surface area contributed by atoms with Crippen molar-refractivity contribution in [2.24, 2.45) is 5.41 Å². The first-order valence-corrected chi connectivity index (χ1v) is 11.2. The van der Waals surface area contributed by atoms with E-state index < -0.39 is 58.8 Å². The third kappa shape index (κ3) is 6.14. The topological polar surface area (TPSA) is 17.1 Å². The summed E-state index contributed by atoms with van der Waals surface area (Å²) in [5.41, 5.74) is -5.68. The van der Waals surface area contributed by atoms with E-state index in [0.717, 1.165) is 24.3 Å². The van der Waals surface area contributed by atoms with Crippen LogP contribution in [0.15, 0.2) is 36.4 Å². The Morgan fingerprint density at radius 2 is 1.47 bits per heavy atom. The largest absolute Gasteiger partial charge is 0.417 e. The van der Waals surface area contributed by atoms with Crippen LogP contribution in [0.25, 0.3) is 6.08 Å². The van der Waals surface area contributed by atoms with E-state index in [9.17, 15) is 44.3 Å². The van der Waals surface area contributed by atoms with Crippen LogP contribution in [-0.2, 0) is 6.18 Å². The number of allylic oxidation sites excluding steroid dienone is 1. The number of rotatable bonds is 6. The van der Waals surface area contributed by atoms with Crippen LogP contribution in [-0.4, -0.2) is 18.1 Å². The summed E-state index contributed by atoms with van der Waals surface area (Å²) in [5, 5.41) is -0.715. The molecule has 0 radical (unpaired) electrons. The Hall–Kier alpha value is -1.91. The molecule has 0 aliphatic heterocycles. The molecule has 1 fully saturated rings. The predicted molar refractivity (Wildman–Crippen MR) is 117 cm³/mol. The molecule has 1 aliphatic carbocycles. The zero-order valence-corrected chi connectivity index (χ0v) is 20.0. The van der Waals surface area contributed by atoms with E-state index in [-0.39, 0.29) is 33.5 Å². The van der Waals surface area contributed by atoms with E-state index in [1.54, 1.807) is 0 Å². The maximum Gasteiger partial charge on any atom is 0.417 e. The molecular formula is C23H14Cl3F9O. The second-order valence-corrected chi connectivity index (χ2v) is 9.55. The first-order valence-electron chi connectivity index (χ1n) is 10.1. The Bertz CT molecular complexity index is 1170. The van der Waals surface area contributed by atoms with Gasteiger partial charge in [-0.1, -0.05) is 59.1 Å². The van der Waals surface area contributed by atoms with Gasteiger partial charge in [0.05, 0.1) is 32.0 Å². The standard InChI is InChI=1S/C23H14Cl3F9O/c24-16-8-12(9-17(25)19(16)26)14(21(27,28)29)4-2-11-1-3-13(15(7-11)22(30,31)32)18(36)10-20(5-6-20)23(33,34)35/h1-4,7-9,14H,5-6,10H2/b4-2+. The van der Waals surface area contributed by atoms with Crippen LogP contribution >= 0.6 is 34.8 Å². The number of hydrogen-bond donors (Lipinski definition) is 0. The molecule has 1 aliphatic rings. The third-order valence-corrected chi connectivity index (χ3v) is 7.00. The molecule has 1 nitrogen and oxygen atoms in total. The Morgan fingerprint density at radius 1 is 0.917 bits per heavy atom. The second-order valence-electron chi connectivity index (χ2n) is 8.36. The Labute approximate surface area is 213 Å². The summed E-state index contributed by atoms with van der Waals surface area (Å²) in [6.07, 6.45) is -15.4. The van der Waals surface area contributed by atoms with Gasteiger partial charge in [0, 0.05) is 12.0 Å². The maximum absolute atomic E-state index is 13.7. The number of ketones is 1. The quantitative estimate of drug-likeness (QED) is 0.188. The average Bonchev–Trinajstić information content (AvgIpc) is 3.51. The lowest BCUT2D eigenvalue weighted by Gasteiger charge is -2.20. The van der Waals surface area contributed by atoms with Gasteiger partial charge in [-0.3, -0.25) is 4.79 Å². The summed E-state index contributed by atoms with van der Waals surface area (Å²) in [7, 11) is 0. The van der Waals surface area contributed by atoms with Crippen molar-refractivity contribution in [3.05, 3.63) is 73.7 Å². The van der Waals surface area contributed by atoms with Crippen molar-refractivity contribution >= 4 is 46.7 Å². The van der Waals surface area contributed by atoms with E-state index in [1.165, 1.54) is 0 Å². The molecule has 0 saturated heterocycles. The fraction of sp³-hybridized carbons (Fsp3) is 0.348. The van der Waals surface area contributed by atoms with Gasteiger partial charge in [0.1, 0.15) is 0 Å². The Kier molecular flexibility index (Phi) is 7.77. The van der Waals surface area contributed by atoms with Gasteiger partial charge in [-0.15, -0.1) is 0 Å². The molecule has 0 N–H and O–H groups in total. The van der Waals surface area contributed by atoms with Crippen LogP contribution in [0.5, 0.6) is 0 Å². The van der Waals surface area contributed by atoms with Crippen LogP contribution in [0.4, 0.5) is 39.5 Å². The van der Waals surface area contributed by atoms with E-state index in [1.807, 2.05) is 0 Å². The summed E-state index contributed by atoms with van der Waals surface area (Å²) in [5.74, 6) is -3.69. The minimum absolute atomic E-state index is 0.180. The lowest BCUT2D eigenvalue weighted by molar-refractivity contribution is -0.185. The molecule has 196 valence electrons. The van der Waals surface area contributed by atoms with Crippen molar-refractivity contribution in [2.45, 2.75) is 43.7 Å². The van der Waals surface area contributed by atoms with Crippen molar-refractivity contribution in [3.63, 3.8) is 0 Å². The molecule has 36 heavy (non-hydrogen) atoms. The Balaban J connectivity index is 1.97. The first-order chi connectivity index (χ1) is 16.4. The van der Waals surface area contributed by atoms with Crippen LogP contribution < -0.4 is 0 Å². The van der Waals surface area contributed by atoms with Crippen LogP contribution in [0.2, 0.25) is 15.1 Å². The van der Waals surface area contributed by atoms with E-state index in [0.29, 0.717) is 18.2 Å². The number of hydrogen-bond acceptors (Lipinski definition) is 1. The molecule has 0 aromatic heterocycles.